The number of carbonyl (C=O) groups is 1. The van der Waals surface area contributed by atoms with E-state index in [2.05, 4.69) is 10.0 Å². The summed E-state index contributed by atoms with van der Waals surface area (Å²) in [6.45, 7) is -1.55. The first kappa shape index (κ1) is 22.2. The van der Waals surface area contributed by atoms with Crippen LogP contribution in [-0.2, 0) is 10.0 Å². The van der Waals surface area contributed by atoms with Crippen LogP contribution in [-0.4, -0.2) is 33.7 Å². The van der Waals surface area contributed by atoms with Gasteiger partial charge in [-0.1, -0.05) is 12.1 Å². The predicted molar refractivity (Wildman–Crippen MR) is 97.8 cm³/mol. The van der Waals surface area contributed by atoms with Gasteiger partial charge in [0.2, 0.25) is 10.0 Å². The van der Waals surface area contributed by atoms with Crippen LogP contribution in [0.3, 0.4) is 0 Å². The summed E-state index contributed by atoms with van der Waals surface area (Å²) in [5.41, 5.74) is 0.128. The number of alkyl halides is 3. The molecule has 0 heterocycles. The fourth-order valence-electron chi connectivity index (χ4n) is 2.16. The first-order valence-corrected chi connectivity index (χ1v) is 9.67. The fraction of sp³-hybridized carbons (Fsp3) is 0.222. The summed E-state index contributed by atoms with van der Waals surface area (Å²) in [5, 5.41) is 10.9. The molecule has 0 aliphatic rings. The number of benzene rings is 2. The highest BCUT2D eigenvalue weighted by Crippen LogP contribution is 2.27. The number of hydrogen-bond donors (Lipinski definition) is 2. The van der Waals surface area contributed by atoms with Gasteiger partial charge < -0.3 is 10.1 Å². The molecule has 0 radical (unpaired) electrons. The van der Waals surface area contributed by atoms with Crippen molar-refractivity contribution in [1.82, 2.24) is 4.72 Å². The molecular weight excluding hydrogens is 411 g/mol. The number of anilines is 1. The Hall–Kier alpha value is -3.10. The third-order valence-corrected chi connectivity index (χ3v) is 4.96. The second-order valence-corrected chi connectivity index (χ2v) is 7.45. The van der Waals surface area contributed by atoms with Crippen molar-refractivity contribution in [1.29, 1.82) is 5.26 Å². The summed E-state index contributed by atoms with van der Waals surface area (Å²) >= 11 is 0. The summed E-state index contributed by atoms with van der Waals surface area (Å²) in [4.78, 5) is 12.3. The van der Waals surface area contributed by atoms with Crippen LogP contribution in [0.5, 0.6) is 5.75 Å². The second-order valence-electron chi connectivity index (χ2n) is 5.68. The summed E-state index contributed by atoms with van der Waals surface area (Å²) < 4.78 is 68.1. The Labute approximate surface area is 165 Å². The molecule has 0 spiro atoms. The fourth-order valence-corrected chi connectivity index (χ4v) is 3.19. The third-order valence-electron chi connectivity index (χ3n) is 3.48. The number of nitrogens with one attached hydrogen (secondary N) is 2. The Morgan fingerprint density at radius 1 is 1.10 bits per heavy atom. The van der Waals surface area contributed by atoms with Gasteiger partial charge >= 0.3 is 6.18 Å². The maximum absolute atomic E-state index is 12.4. The average Bonchev–Trinajstić information content (AvgIpc) is 2.67. The van der Waals surface area contributed by atoms with Gasteiger partial charge in [-0.2, -0.15) is 18.4 Å². The van der Waals surface area contributed by atoms with E-state index in [0.29, 0.717) is 0 Å². The SMILES string of the molecule is N#CCCNS(=O)(=O)c1ccc(C(=O)Nc2ccccc2OCC(F)(F)F)cc1. The molecule has 0 aromatic heterocycles. The second kappa shape index (κ2) is 9.40. The first-order valence-electron chi connectivity index (χ1n) is 8.19. The number of sulfonamides is 1. The smallest absolute Gasteiger partial charge is 0.422 e. The molecule has 0 aliphatic heterocycles. The summed E-state index contributed by atoms with van der Waals surface area (Å²) in [6, 6.07) is 12.4. The van der Waals surface area contributed by atoms with Crippen LogP contribution >= 0.6 is 0 Å². The molecule has 0 atom stereocenters. The van der Waals surface area contributed by atoms with Crippen LogP contribution in [0.4, 0.5) is 18.9 Å². The van der Waals surface area contributed by atoms with Gasteiger partial charge in [0.25, 0.3) is 5.91 Å². The standard InChI is InChI=1S/C18H16F3N3O4S/c19-18(20,21)12-28-16-5-2-1-4-15(16)24-17(25)13-6-8-14(9-7-13)29(26,27)23-11-3-10-22/h1-2,4-9,23H,3,11-12H2,(H,24,25). The van der Waals surface area contributed by atoms with Crippen molar-refractivity contribution in [3.05, 3.63) is 54.1 Å². The minimum Gasteiger partial charge on any atom is -0.482 e. The van der Waals surface area contributed by atoms with E-state index < -0.39 is 28.7 Å². The van der Waals surface area contributed by atoms with Gasteiger partial charge in [0.1, 0.15) is 5.75 Å². The van der Waals surface area contributed by atoms with Crippen molar-refractivity contribution in [3.63, 3.8) is 0 Å². The zero-order valence-corrected chi connectivity index (χ0v) is 15.7. The van der Waals surface area contributed by atoms with Gasteiger partial charge in [0.15, 0.2) is 6.61 Å². The summed E-state index contributed by atoms with van der Waals surface area (Å²) in [5.74, 6) is -0.812. The number of nitrogens with zero attached hydrogens (tertiary/aromatic N) is 1. The van der Waals surface area contributed by atoms with Gasteiger partial charge in [-0.25, -0.2) is 13.1 Å². The maximum Gasteiger partial charge on any atom is 0.422 e. The lowest BCUT2D eigenvalue weighted by Crippen LogP contribution is -2.24. The van der Waals surface area contributed by atoms with E-state index in [1.807, 2.05) is 6.07 Å². The monoisotopic (exact) mass is 427 g/mol. The molecule has 154 valence electrons. The van der Waals surface area contributed by atoms with Crippen LogP contribution in [0.25, 0.3) is 0 Å². The highest BCUT2D eigenvalue weighted by atomic mass is 32.2. The molecular formula is C18H16F3N3O4S. The van der Waals surface area contributed by atoms with Crippen LogP contribution in [0.15, 0.2) is 53.4 Å². The van der Waals surface area contributed by atoms with E-state index in [1.165, 1.54) is 48.5 Å². The third kappa shape index (κ3) is 6.78. The zero-order chi connectivity index (χ0) is 21.5. The van der Waals surface area contributed by atoms with Crippen molar-refractivity contribution in [2.45, 2.75) is 17.5 Å². The van der Waals surface area contributed by atoms with E-state index in [1.54, 1.807) is 0 Å². The molecule has 0 unspecified atom stereocenters. The quantitative estimate of drug-likeness (QED) is 0.630. The first-order chi connectivity index (χ1) is 13.6. The lowest BCUT2D eigenvalue weighted by molar-refractivity contribution is -0.153. The van der Waals surface area contributed by atoms with Crippen molar-refractivity contribution >= 4 is 21.6 Å². The zero-order valence-electron chi connectivity index (χ0n) is 14.9. The van der Waals surface area contributed by atoms with Crippen molar-refractivity contribution in [2.75, 3.05) is 18.5 Å². The molecule has 1 amide bonds. The largest absolute Gasteiger partial charge is 0.482 e. The van der Waals surface area contributed by atoms with E-state index >= 15 is 0 Å². The number of halogens is 3. The number of amides is 1. The number of hydrogen-bond acceptors (Lipinski definition) is 5. The van der Waals surface area contributed by atoms with Gasteiger partial charge in [-0.3, -0.25) is 4.79 Å². The average molecular weight is 427 g/mol. The van der Waals surface area contributed by atoms with Crippen LogP contribution < -0.4 is 14.8 Å². The molecule has 2 rings (SSSR count). The van der Waals surface area contributed by atoms with E-state index in [0.717, 1.165) is 0 Å². The highest BCUT2D eigenvalue weighted by Gasteiger charge is 2.29. The van der Waals surface area contributed by atoms with Gasteiger partial charge in [-0.05, 0) is 36.4 Å². The molecule has 0 fully saturated rings. The minimum absolute atomic E-state index is 0.00946. The maximum atomic E-state index is 12.4. The van der Waals surface area contributed by atoms with Crippen LogP contribution in [0, 0.1) is 11.3 Å². The molecule has 29 heavy (non-hydrogen) atoms. The number of nitriles is 1. The number of rotatable bonds is 8. The molecule has 0 bridgehead atoms. The molecule has 2 aromatic carbocycles. The van der Waals surface area contributed by atoms with Crippen molar-refractivity contribution in [2.24, 2.45) is 0 Å². The van der Waals surface area contributed by atoms with E-state index in [9.17, 15) is 26.4 Å². The van der Waals surface area contributed by atoms with Crippen molar-refractivity contribution < 1.29 is 31.1 Å². The molecule has 11 heteroatoms. The Balaban J connectivity index is 2.10. The minimum atomic E-state index is -4.53. The predicted octanol–water partition coefficient (Wildman–Crippen LogP) is 3.07. The Morgan fingerprint density at radius 3 is 2.38 bits per heavy atom. The molecule has 7 nitrogen and oxygen atoms in total. The topological polar surface area (TPSA) is 108 Å². The van der Waals surface area contributed by atoms with Gasteiger partial charge in [-0.15, -0.1) is 0 Å². The molecule has 0 saturated carbocycles. The number of para-hydroxylation sites is 2. The van der Waals surface area contributed by atoms with E-state index in [4.69, 9.17) is 10.00 Å². The molecule has 2 N–H and O–H groups in total. The lowest BCUT2D eigenvalue weighted by atomic mass is 10.2. The normalized spacial score (nSPS) is 11.5. The van der Waals surface area contributed by atoms with Gasteiger partial charge in [0, 0.05) is 18.5 Å². The molecule has 0 saturated heterocycles. The van der Waals surface area contributed by atoms with E-state index in [-0.39, 0.29) is 34.9 Å². The van der Waals surface area contributed by atoms with Crippen LogP contribution in [0.1, 0.15) is 16.8 Å². The molecule has 2 aromatic rings. The number of carbonyl (C=O) groups excluding carboxylic acids is 1. The Morgan fingerprint density at radius 2 is 1.76 bits per heavy atom. The Kier molecular flexibility index (Phi) is 7.19. The van der Waals surface area contributed by atoms with Gasteiger partial charge in [0.05, 0.1) is 16.7 Å². The summed E-state index contributed by atoms with van der Waals surface area (Å²) in [6.07, 6.45) is -4.52. The summed E-state index contributed by atoms with van der Waals surface area (Å²) in [7, 11) is -3.82. The van der Waals surface area contributed by atoms with Crippen LogP contribution in [0.2, 0.25) is 0 Å². The number of ether oxygens (including phenoxy) is 1. The van der Waals surface area contributed by atoms with Crippen molar-refractivity contribution in [3.8, 4) is 11.8 Å². The Bertz CT molecular complexity index is 1000. The molecule has 0 aliphatic carbocycles. The highest BCUT2D eigenvalue weighted by molar-refractivity contribution is 7.89. The lowest BCUT2D eigenvalue weighted by Gasteiger charge is -2.14.